The van der Waals surface area contributed by atoms with Crippen LogP contribution >= 0.6 is 11.8 Å². The SMILES string of the molecule is C#CCCC1(CCNC(c2cnco2)c2nnnn2CCSC)N=N1. The number of aryl methyl sites for hydroxylation is 1. The van der Waals surface area contributed by atoms with Crippen molar-refractivity contribution < 1.29 is 4.42 Å². The lowest BCUT2D eigenvalue weighted by molar-refractivity contribution is 0.401. The van der Waals surface area contributed by atoms with Gasteiger partial charge < -0.3 is 9.73 Å². The predicted octanol–water partition coefficient (Wildman–Crippen LogP) is 1.67. The minimum absolute atomic E-state index is 0.275. The summed E-state index contributed by atoms with van der Waals surface area (Å²) in [5.74, 6) is 4.94. The van der Waals surface area contributed by atoms with E-state index < -0.39 is 0 Å². The van der Waals surface area contributed by atoms with E-state index in [1.54, 1.807) is 22.6 Å². The molecule has 2 aromatic rings. The Morgan fingerprint density at radius 3 is 3.00 bits per heavy atom. The van der Waals surface area contributed by atoms with Crippen molar-refractivity contribution in [3.8, 4) is 12.3 Å². The van der Waals surface area contributed by atoms with Gasteiger partial charge >= 0.3 is 0 Å². The van der Waals surface area contributed by atoms with Crippen LogP contribution < -0.4 is 5.32 Å². The summed E-state index contributed by atoms with van der Waals surface area (Å²) in [6.45, 7) is 1.41. The van der Waals surface area contributed by atoms with Gasteiger partial charge in [0.2, 0.25) is 0 Å². The van der Waals surface area contributed by atoms with Gasteiger partial charge in [-0.05, 0) is 16.7 Å². The largest absolute Gasteiger partial charge is 0.446 e. The van der Waals surface area contributed by atoms with Crippen LogP contribution in [0.5, 0.6) is 0 Å². The second kappa shape index (κ2) is 8.22. The second-order valence-corrected chi connectivity index (χ2v) is 6.67. The lowest BCUT2D eigenvalue weighted by Gasteiger charge is -2.17. The third kappa shape index (κ3) is 4.43. The van der Waals surface area contributed by atoms with Crippen LogP contribution in [-0.2, 0) is 6.54 Å². The number of nitrogens with zero attached hydrogens (tertiary/aromatic N) is 7. The van der Waals surface area contributed by atoms with Gasteiger partial charge in [0.15, 0.2) is 17.9 Å². The normalized spacial score (nSPS) is 15.8. The molecular weight excluding hydrogens is 340 g/mol. The molecule has 3 rings (SSSR count). The lowest BCUT2D eigenvalue weighted by atomic mass is 10.0. The van der Waals surface area contributed by atoms with Gasteiger partial charge in [-0.25, -0.2) is 9.67 Å². The number of hydrogen-bond donors (Lipinski definition) is 1. The van der Waals surface area contributed by atoms with Gasteiger partial charge in [-0.2, -0.15) is 22.0 Å². The molecule has 0 spiro atoms. The first-order valence-electron chi connectivity index (χ1n) is 8.02. The number of terminal acetylenes is 1. The Hall–Kier alpha value is -2.25. The Balaban J connectivity index is 1.65. The third-order valence-corrected chi connectivity index (χ3v) is 4.58. The molecule has 10 heteroatoms. The van der Waals surface area contributed by atoms with Crippen LogP contribution in [0.3, 0.4) is 0 Å². The number of nitrogens with one attached hydrogen (secondary N) is 1. The van der Waals surface area contributed by atoms with Crippen molar-refractivity contribution in [1.82, 2.24) is 30.5 Å². The molecule has 0 aliphatic carbocycles. The highest BCUT2D eigenvalue weighted by molar-refractivity contribution is 7.98. The zero-order valence-corrected chi connectivity index (χ0v) is 14.8. The van der Waals surface area contributed by atoms with Crippen molar-refractivity contribution in [2.45, 2.75) is 37.5 Å². The third-order valence-electron chi connectivity index (χ3n) is 3.99. The predicted molar refractivity (Wildman–Crippen MR) is 92.8 cm³/mol. The summed E-state index contributed by atoms with van der Waals surface area (Å²) >= 11 is 1.74. The van der Waals surface area contributed by atoms with Gasteiger partial charge in [-0.15, -0.1) is 17.4 Å². The van der Waals surface area contributed by atoms with E-state index in [2.05, 4.69) is 48.2 Å². The fourth-order valence-electron chi connectivity index (χ4n) is 2.53. The molecule has 1 aliphatic heterocycles. The molecular formula is C15H20N8OS. The van der Waals surface area contributed by atoms with Crippen molar-refractivity contribution in [3.63, 3.8) is 0 Å². The van der Waals surface area contributed by atoms with Crippen molar-refractivity contribution in [2.75, 3.05) is 18.6 Å². The zero-order chi connectivity index (χ0) is 17.5. The molecule has 0 saturated heterocycles. The van der Waals surface area contributed by atoms with Crippen molar-refractivity contribution in [1.29, 1.82) is 0 Å². The van der Waals surface area contributed by atoms with Crippen LogP contribution in [0.2, 0.25) is 0 Å². The van der Waals surface area contributed by atoms with Gasteiger partial charge in [0, 0.05) is 31.6 Å². The summed E-state index contributed by atoms with van der Waals surface area (Å²) in [5.41, 5.74) is -0.323. The average Bonchev–Trinajstić information content (AvgIpc) is 3.04. The van der Waals surface area contributed by atoms with Gasteiger partial charge in [-0.1, -0.05) is 0 Å². The Labute approximate surface area is 150 Å². The molecule has 1 aliphatic rings. The molecule has 2 aromatic heterocycles. The van der Waals surface area contributed by atoms with Gasteiger partial charge in [-0.3, -0.25) is 0 Å². The van der Waals surface area contributed by atoms with E-state index in [-0.39, 0.29) is 11.7 Å². The minimum Gasteiger partial charge on any atom is -0.446 e. The number of aromatic nitrogens is 5. The van der Waals surface area contributed by atoms with Crippen LogP contribution in [0.1, 0.15) is 36.9 Å². The number of oxazole rings is 1. The Kier molecular flexibility index (Phi) is 5.78. The van der Waals surface area contributed by atoms with E-state index in [9.17, 15) is 0 Å². The van der Waals surface area contributed by atoms with Crippen LogP contribution in [0.15, 0.2) is 27.2 Å². The Morgan fingerprint density at radius 1 is 1.44 bits per heavy atom. The molecule has 9 nitrogen and oxygen atoms in total. The quantitative estimate of drug-likeness (QED) is 0.607. The van der Waals surface area contributed by atoms with Crippen molar-refractivity contribution in [3.05, 3.63) is 24.2 Å². The zero-order valence-electron chi connectivity index (χ0n) is 14.0. The maximum atomic E-state index is 5.48. The summed E-state index contributed by atoms with van der Waals surface area (Å²) in [4.78, 5) is 4.01. The molecule has 0 radical (unpaired) electrons. The molecule has 0 aromatic carbocycles. The number of rotatable bonds is 11. The molecule has 132 valence electrons. The van der Waals surface area contributed by atoms with E-state index in [1.165, 1.54) is 6.39 Å². The number of hydrogen-bond acceptors (Lipinski definition) is 9. The van der Waals surface area contributed by atoms with E-state index in [4.69, 9.17) is 10.8 Å². The van der Waals surface area contributed by atoms with Gasteiger partial charge in [0.25, 0.3) is 0 Å². The fraction of sp³-hybridized carbons (Fsp3) is 0.600. The van der Waals surface area contributed by atoms with Gasteiger partial charge in [0.1, 0.15) is 11.8 Å². The molecule has 1 atom stereocenters. The molecule has 0 bridgehead atoms. The fourth-order valence-corrected chi connectivity index (χ4v) is 2.88. The Bertz CT molecular complexity index is 729. The maximum absolute atomic E-state index is 5.48. The first kappa shape index (κ1) is 17.6. The van der Waals surface area contributed by atoms with E-state index in [1.807, 2.05) is 0 Å². The monoisotopic (exact) mass is 360 g/mol. The smallest absolute Gasteiger partial charge is 0.193 e. The number of tetrazole rings is 1. The highest BCUT2D eigenvalue weighted by atomic mass is 32.2. The highest BCUT2D eigenvalue weighted by Crippen LogP contribution is 2.36. The molecule has 25 heavy (non-hydrogen) atoms. The molecule has 0 saturated carbocycles. The number of thioether (sulfide) groups is 1. The standard InChI is InChI=1S/C15H20N8OS/c1-3-4-5-15(19-20-15)6-7-17-13(12-10-16-11-24-12)14-18-21-22-23(14)8-9-25-2/h1,10-11,13,17H,4-9H2,2H3. The minimum atomic E-state index is -0.323. The van der Waals surface area contributed by atoms with Crippen LogP contribution in [0.4, 0.5) is 0 Å². The van der Waals surface area contributed by atoms with E-state index in [0.717, 1.165) is 25.1 Å². The lowest BCUT2D eigenvalue weighted by Crippen LogP contribution is -2.29. The summed E-state index contributed by atoms with van der Waals surface area (Å²) < 4.78 is 7.27. The first-order valence-corrected chi connectivity index (χ1v) is 9.42. The molecule has 1 N–H and O–H groups in total. The van der Waals surface area contributed by atoms with E-state index in [0.29, 0.717) is 24.6 Å². The van der Waals surface area contributed by atoms with Crippen LogP contribution in [0, 0.1) is 12.3 Å². The van der Waals surface area contributed by atoms with E-state index >= 15 is 0 Å². The summed E-state index contributed by atoms with van der Waals surface area (Å²) in [6, 6.07) is -0.275. The first-order chi connectivity index (χ1) is 12.3. The van der Waals surface area contributed by atoms with Crippen LogP contribution in [0.25, 0.3) is 0 Å². The second-order valence-electron chi connectivity index (χ2n) is 5.68. The summed E-state index contributed by atoms with van der Waals surface area (Å²) in [7, 11) is 0. The topological polar surface area (TPSA) is 106 Å². The summed E-state index contributed by atoms with van der Waals surface area (Å²) in [6.07, 6.45) is 12.7. The van der Waals surface area contributed by atoms with Crippen molar-refractivity contribution in [2.24, 2.45) is 10.2 Å². The molecule has 3 heterocycles. The van der Waals surface area contributed by atoms with Crippen molar-refractivity contribution >= 4 is 11.8 Å². The molecule has 0 fully saturated rings. The maximum Gasteiger partial charge on any atom is 0.193 e. The summed E-state index contributed by atoms with van der Waals surface area (Å²) in [5, 5.41) is 23.8. The van der Waals surface area contributed by atoms with Gasteiger partial charge in [0.05, 0.1) is 12.7 Å². The molecule has 0 amide bonds. The molecule has 1 unspecified atom stereocenters. The average molecular weight is 360 g/mol. The Morgan fingerprint density at radius 2 is 2.32 bits per heavy atom. The van der Waals surface area contributed by atoms with Crippen LogP contribution in [-0.4, -0.2) is 49.4 Å². The highest BCUT2D eigenvalue weighted by Gasteiger charge is 2.39.